The van der Waals surface area contributed by atoms with Crippen molar-refractivity contribution in [2.24, 2.45) is 5.92 Å². The highest BCUT2D eigenvalue weighted by Gasteiger charge is 2.22. The number of hydrogen-bond acceptors (Lipinski definition) is 2. The van der Waals surface area contributed by atoms with E-state index in [9.17, 15) is 4.79 Å². The van der Waals surface area contributed by atoms with E-state index in [1.807, 2.05) is 0 Å². The number of carbonyl (C=O) groups is 1. The third kappa shape index (κ3) is 4.44. The Morgan fingerprint density at radius 1 is 1.23 bits per heavy atom. The van der Waals surface area contributed by atoms with E-state index in [0.29, 0.717) is 18.4 Å². The van der Waals surface area contributed by atoms with Crippen LogP contribution in [0.1, 0.15) is 37.7 Å². The van der Waals surface area contributed by atoms with Crippen molar-refractivity contribution in [1.29, 1.82) is 0 Å². The number of nitrogens with one attached hydrogen (secondary N) is 1. The van der Waals surface area contributed by atoms with Gasteiger partial charge in [-0.25, -0.2) is 0 Å². The largest absolute Gasteiger partial charge is 0.352 e. The van der Waals surface area contributed by atoms with Gasteiger partial charge in [-0.2, -0.15) is 0 Å². The molecule has 3 rings (SSSR count). The summed E-state index contributed by atoms with van der Waals surface area (Å²) in [5.74, 6) is 0.687. The summed E-state index contributed by atoms with van der Waals surface area (Å²) < 4.78 is 0. The van der Waals surface area contributed by atoms with Crippen LogP contribution in [-0.2, 0) is 11.3 Å². The van der Waals surface area contributed by atoms with Crippen LogP contribution in [0.5, 0.6) is 0 Å². The number of amides is 1. The highest BCUT2D eigenvalue weighted by atomic mass is 16.1. The molecule has 1 aliphatic carbocycles. The average Bonchev–Trinajstić information content (AvgIpc) is 3.01. The fraction of sp³-hybridized carbons (Fsp3) is 0.526. The fourth-order valence-electron chi connectivity index (χ4n) is 3.55. The summed E-state index contributed by atoms with van der Waals surface area (Å²) in [5, 5.41) is 3.25. The van der Waals surface area contributed by atoms with E-state index in [-0.39, 0.29) is 5.91 Å². The van der Waals surface area contributed by atoms with Gasteiger partial charge >= 0.3 is 0 Å². The molecule has 0 spiro atoms. The Hall–Kier alpha value is -1.61. The minimum absolute atomic E-state index is 0.225. The van der Waals surface area contributed by atoms with E-state index in [1.54, 1.807) is 0 Å². The normalized spacial score (nSPS) is 25.3. The van der Waals surface area contributed by atoms with E-state index < -0.39 is 0 Å². The maximum absolute atomic E-state index is 12.2. The Balaban J connectivity index is 1.45. The van der Waals surface area contributed by atoms with E-state index in [2.05, 4.69) is 52.7 Å². The lowest BCUT2D eigenvalue weighted by molar-refractivity contribution is -0.122. The van der Waals surface area contributed by atoms with E-state index in [1.165, 1.54) is 12.0 Å². The van der Waals surface area contributed by atoms with Crippen molar-refractivity contribution in [1.82, 2.24) is 10.2 Å². The van der Waals surface area contributed by atoms with E-state index >= 15 is 0 Å². The molecule has 1 fully saturated rings. The first-order chi connectivity index (χ1) is 10.8. The van der Waals surface area contributed by atoms with Gasteiger partial charge in [-0.05, 0) is 43.7 Å². The summed E-state index contributed by atoms with van der Waals surface area (Å²) in [6, 6.07) is 10.9. The molecule has 1 aromatic carbocycles. The molecule has 3 heteroatoms. The zero-order valence-corrected chi connectivity index (χ0v) is 13.2. The molecule has 22 heavy (non-hydrogen) atoms. The first-order valence-corrected chi connectivity index (χ1v) is 8.52. The second kappa shape index (κ2) is 7.59. The Morgan fingerprint density at radius 2 is 2.09 bits per heavy atom. The molecule has 1 aromatic rings. The Bertz CT molecular complexity index is 511. The minimum atomic E-state index is 0.225. The monoisotopic (exact) mass is 298 g/mol. The van der Waals surface area contributed by atoms with Crippen LogP contribution in [0, 0.1) is 5.92 Å². The van der Waals surface area contributed by atoms with Crippen molar-refractivity contribution in [3.63, 3.8) is 0 Å². The topological polar surface area (TPSA) is 32.3 Å². The summed E-state index contributed by atoms with van der Waals surface area (Å²) in [7, 11) is 0. The molecule has 118 valence electrons. The van der Waals surface area contributed by atoms with E-state index in [0.717, 1.165) is 38.9 Å². The number of benzene rings is 1. The highest BCUT2D eigenvalue weighted by Crippen LogP contribution is 2.20. The maximum Gasteiger partial charge on any atom is 0.220 e. The van der Waals surface area contributed by atoms with Crippen molar-refractivity contribution in [2.75, 3.05) is 13.1 Å². The lowest BCUT2D eigenvalue weighted by atomic mass is 10.0. The van der Waals surface area contributed by atoms with Gasteiger partial charge in [0.1, 0.15) is 0 Å². The fourth-order valence-corrected chi connectivity index (χ4v) is 3.55. The molecular weight excluding hydrogens is 272 g/mol. The number of rotatable bonds is 5. The summed E-state index contributed by atoms with van der Waals surface area (Å²) in [6.45, 7) is 3.09. The van der Waals surface area contributed by atoms with Crippen molar-refractivity contribution in [3.05, 3.63) is 48.0 Å². The third-order valence-corrected chi connectivity index (χ3v) is 4.68. The van der Waals surface area contributed by atoms with Crippen molar-refractivity contribution >= 4 is 5.91 Å². The number of piperidine rings is 1. The van der Waals surface area contributed by atoms with Gasteiger partial charge in [0, 0.05) is 25.6 Å². The van der Waals surface area contributed by atoms with Crippen LogP contribution < -0.4 is 5.32 Å². The zero-order valence-electron chi connectivity index (χ0n) is 13.2. The van der Waals surface area contributed by atoms with E-state index in [4.69, 9.17) is 0 Å². The van der Waals surface area contributed by atoms with Crippen LogP contribution in [-0.4, -0.2) is 29.9 Å². The van der Waals surface area contributed by atoms with Gasteiger partial charge in [0.25, 0.3) is 0 Å². The van der Waals surface area contributed by atoms with Gasteiger partial charge in [-0.3, -0.25) is 9.69 Å². The molecular formula is C19H26N2O. The summed E-state index contributed by atoms with van der Waals surface area (Å²) in [6.07, 6.45) is 9.59. The van der Waals surface area contributed by atoms with Crippen LogP contribution in [0.3, 0.4) is 0 Å². The van der Waals surface area contributed by atoms with Gasteiger partial charge in [0.2, 0.25) is 5.91 Å². The molecule has 1 aliphatic heterocycles. The van der Waals surface area contributed by atoms with Crippen LogP contribution >= 0.6 is 0 Å². The number of likely N-dealkylation sites (tertiary alicyclic amines) is 1. The number of hydrogen-bond donors (Lipinski definition) is 1. The molecule has 2 aliphatic rings. The SMILES string of the molecule is O=C(CC1C=CCC1)NC1CCCN(Cc2ccccc2)C1. The number of carbonyl (C=O) groups excluding carboxylic acids is 1. The predicted molar refractivity (Wildman–Crippen MR) is 89.4 cm³/mol. The number of nitrogens with zero attached hydrogens (tertiary/aromatic N) is 1. The van der Waals surface area contributed by atoms with Crippen molar-refractivity contribution in [2.45, 2.75) is 44.7 Å². The second-order valence-corrected chi connectivity index (χ2v) is 6.60. The molecule has 0 aromatic heterocycles. The second-order valence-electron chi connectivity index (χ2n) is 6.60. The van der Waals surface area contributed by atoms with Crippen LogP contribution in [0.2, 0.25) is 0 Å². The standard InChI is InChI=1S/C19H26N2O/c22-19(13-16-7-4-5-8-16)20-18-11-6-12-21(15-18)14-17-9-2-1-3-10-17/h1-4,7,9-10,16,18H,5-6,8,11-15H2,(H,20,22). The molecule has 1 N–H and O–H groups in total. The van der Waals surface area contributed by atoms with Crippen molar-refractivity contribution in [3.8, 4) is 0 Å². The molecule has 1 heterocycles. The quantitative estimate of drug-likeness (QED) is 0.847. The minimum Gasteiger partial charge on any atom is -0.352 e. The molecule has 3 nitrogen and oxygen atoms in total. The first-order valence-electron chi connectivity index (χ1n) is 8.52. The van der Waals surface area contributed by atoms with Crippen LogP contribution in [0.4, 0.5) is 0 Å². The predicted octanol–water partition coefficient (Wildman–Crippen LogP) is 3.12. The highest BCUT2D eigenvalue weighted by molar-refractivity contribution is 5.76. The van der Waals surface area contributed by atoms with Gasteiger partial charge < -0.3 is 5.32 Å². The Labute approximate surface area is 133 Å². The van der Waals surface area contributed by atoms with Gasteiger partial charge in [-0.1, -0.05) is 42.5 Å². The lowest BCUT2D eigenvalue weighted by Gasteiger charge is -2.33. The van der Waals surface area contributed by atoms with Gasteiger partial charge in [0.15, 0.2) is 0 Å². The molecule has 1 saturated heterocycles. The number of allylic oxidation sites excluding steroid dienone is 2. The first kappa shape index (κ1) is 15.3. The van der Waals surface area contributed by atoms with Crippen LogP contribution in [0.25, 0.3) is 0 Å². The molecule has 1 amide bonds. The molecule has 0 bridgehead atoms. The Kier molecular flexibility index (Phi) is 5.28. The summed E-state index contributed by atoms with van der Waals surface area (Å²) in [5.41, 5.74) is 1.35. The molecule has 2 atom stereocenters. The molecule has 2 unspecified atom stereocenters. The third-order valence-electron chi connectivity index (χ3n) is 4.68. The lowest BCUT2D eigenvalue weighted by Crippen LogP contribution is -2.47. The van der Waals surface area contributed by atoms with Gasteiger partial charge in [-0.15, -0.1) is 0 Å². The average molecular weight is 298 g/mol. The van der Waals surface area contributed by atoms with Gasteiger partial charge in [0.05, 0.1) is 0 Å². The summed E-state index contributed by atoms with van der Waals surface area (Å²) >= 11 is 0. The molecule has 0 saturated carbocycles. The zero-order chi connectivity index (χ0) is 15.2. The smallest absolute Gasteiger partial charge is 0.220 e. The Morgan fingerprint density at radius 3 is 2.86 bits per heavy atom. The molecule has 0 radical (unpaired) electrons. The summed E-state index contributed by atoms with van der Waals surface area (Å²) in [4.78, 5) is 14.6. The van der Waals surface area contributed by atoms with Crippen LogP contribution in [0.15, 0.2) is 42.5 Å². The maximum atomic E-state index is 12.2. The van der Waals surface area contributed by atoms with Crippen molar-refractivity contribution < 1.29 is 4.79 Å².